The monoisotopic (exact) mass is 310 g/mol. The Kier molecular flexibility index (Phi) is 4.63. The number of anilines is 1. The molecule has 1 saturated heterocycles. The summed E-state index contributed by atoms with van der Waals surface area (Å²) in [5.74, 6) is 0. The molecule has 2 N–H and O–H groups in total. The number of nitrogens with two attached hydrogens (primary N) is 1. The van der Waals surface area contributed by atoms with Crippen molar-refractivity contribution in [2.24, 2.45) is 0 Å². The van der Waals surface area contributed by atoms with Crippen molar-refractivity contribution in [1.29, 1.82) is 0 Å². The van der Waals surface area contributed by atoms with E-state index < -0.39 is 10.0 Å². The van der Waals surface area contributed by atoms with Crippen LogP contribution in [0, 0.1) is 20.8 Å². The molecular formula is C16H26N2O2S. The second kappa shape index (κ2) is 5.97. The molecule has 0 bridgehead atoms. The van der Waals surface area contributed by atoms with Gasteiger partial charge in [-0.05, 0) is 62.8 Å². The summed E-state index contributed by atoms with van der Waals surface area (Å²) in [4.78, 5) is 0.417. The Labute approximate surface area is 128 Å². The normalized spacial score (nSPS) is 20.7. The SMILES string of the molecule is CCC1CCCCN1S(=O)(=O)c1c(C)c(C)cc(N)c1C. The highest BCUT2D eigenvalue weighted by Gasteiger charge is 2.35. The van der Waals surface area contributed by atoms with Crippen molar-refractivity contribution in [1.82, 2.24) is 4.31 Å². The Morgan fingerprint density at radius 3 is 2.52 bits per heavy atom. The van der Waals surface area contributed by atoms with Crippen molar-refractivity contribution in [3.8, 4) is 0 Å². The highest BCUT2D eigenvalue weighted by Crippen LogP contribution is 2.33. The van der Waals surface area contributed by atoms with Crippen LogP contribution in [0.15, 0.2) is 11.0 Å². The number of sulfonamides is 1. The van der Waals surface area contributed by atoms with Gasteiger partial charge in [0.1, 0.15) is 0 Å². The maximum atomic E-state index is 13.2. The van der Waals surface area contributed by atoms with E-state index in [0.717, 1.165) is 36.8 Å². The molecule has 0 saturated carbocycles. The average Bonchev–Trinajstić information content (AvgIpc) is 2.45. The first-order valence-electron chi connectivity index (χ1n) is 7.68. The van der Waals surface area contributed by atoms with Crippen LogP contribution >= 0.6 is 0 Å². The number of hydrogen-bond acceptors (Lipinski definition) is 3. The van der Waals surface area contributed by atoms with Crippen molar-refractivity contribution < 1.29 is 8.42 Å². The molecule has 1 heterocycles. The number of hydrogen-bond donors (Lipinski definition) is 1. The second-order valence-corrected chi connectivity index (χ2v) is 7.86. The molecule has 118 valence electrons. The first kappa shape index (κ1) is 16.3. The van der Waals surface area contributed by atoms with E-state index in [1.807, 2.05) is 19.9 Å². The molecule has 1 fully saturated rings. The van der Waals surface area contributed by atoms with Crippen LogP contribution in [0.25, 0.3) is 0 Å². The molecule has 5 heteroatoms. The van der Waals surface area contributed by atoms with Crippen LogP contribution in [-0.2, 0) is 10.0 Å². The minimum absolute atomic E-state index is 0.115. The molecule has 4 nitrogen and oxygen atoms in total. The van der Waals surface area contributed by atoms with Crippen LogP contribution in [0.4, 0.5) is 5.69 Å². The maximum absolute atomic E-state index is 13.2. The molecule has 0 radical (unpaired) electrons. The molecule has 1 aromatic carbocycles. The molecule has 1 aromatic rings. The first-order chi connectivity index (χ1) is 9.80. The summed E-state index contributed by atoms with van der Waals surface area (Å²) in [5.41, 5.74) is 8.99. The molecule has 1 atom stereocenters. The van der Waals surface area contributed by atoms with Gasteiger partial charge < -0.3 is 5.73 Å². The van der Waals surface area contributed by atoms with Gasteiger partial charge in [0, 0.05) is 18.3 Å². The Balaban J connectivity index is 2.59. The molecule has 0 aliphatic carbocycles. The lowest BCUT2D eigenvalue weighted by molar-refractivity contribution is 0.246. The lowest BCUT2D eigenvalue weighted by Crippen LogP contribution is -2.43. The zero-order chi connectivity index (χ0) is 15.8. The Morgan fingerprint density at radius 1 is 1.24 bits per heavy atom. The molecule has 1 aliphatic rings. The molecule has 2 rings (SSSR count). The van der Waals surface area contributed by atoms with E-state index in [0.29, 0.717) is 22.7 Å². The summed E-state index contributed by atoms with van der Waals surface area (Å²) in [6, 6.07) is 1.97. The molecule has 0 amide bonds. The summed E-state index contributed by atoms with van der Waals surface area (Å²) in [6.07, 6.45) is 3.86. The molecule has 0 spiro atoms. The number of nitrogens with zero attached hydrogens (tertiary/aromatic N) is 1. The van der Waals surface area contributed by atoms with Gasteiger partial charge in [-0.25, -0.2) is 8.42 Å². The summed E-state index contributed by atoms with van der Waals surface area (Å²) in [6.45, 7) is 8.27. The van der Waals surface area contributed by atoms with Gasteiger partial charge >= 0.3 is 0 Å². The standard InChI is InChI=1S/C16H26N2O2S/c1-5-14-8-6-7-9-18(14)21(19,20)16-12(3)11(2)10-15(17)13(16)4/h10,14H,5-9,17H2,1-4H3. The summed E-state index contributed by atoms with van der Waals surface area (Å²) < 4.78 is 28.0. The maximum Gasteiger partial charge on any atom is 0.243 e. The van der Waals surface area contributed by atoms with E-state index in [-0.39, 0.29) is 6.04 Å². The van der Waals surface area contributed by atoms with Crippen LogP contribution in [-0.4, -0.2) is 25.3 Å². The predicted octanol–water partition coefficient (Wildman–Crippen LogP) is 3.15. The molecule has 0 aromatic heterocycles. The Morgan fingerprint density at radius 2 is 1.90 bits per heavy atom. The van der Waals surface area contributed by atoms with Gasteiger partial charge in [0.25, 0.3) is 0 Å². The van der Waals surface area contributed by atoms with Gasteiger partial charge in [-0.2, -0.15) is 4.31 Å². The fraction of sp³-hybridized carbons (Fsp3) is 0.625. The average molecular weight is 310 g/mol. The van der Waals surface area contributed by atoms with E-state index in [1.165, 1.54) is 0 Å². The second-order valence-electron chi connectivity index (χ2n) is 6.04. The zero-order valence-corrected chi connectivity index (χ0v) is 14.3. The molecular weight excluding hydrogens is 284 g/mol. The van der Waals surface area contributed by atoms with Gasteiger partial charge in [0.2, 0.25) is 10.0 Å². The van der Waals surface area contributed by atoms with Crippen molar-refractivity contribution in [2.45, 2.75) is 64.3 Å². The lowest BCUT2D eigenvalue weighted by atomic mass is 10.0. The van der Waals surface area contributed by atoms with Crippen molar-refractivity contribution in [2.75, 3.05) is 12.3 Å². The summed E-state index contributed by atoms with van der Waals surface area (Å²) >= 11 is 0. The van der Waals surface area contributed by atoms with E-state index in [2.05, 4.69) is 6.92 Å². The number of rotatable bonds is 3. The zero-order valence-electron chi connectivity index (χ0n) is 13.4. The van der Waals surface area contributed by atoms with E-state index in [1.54, 1.807) is 11.2 Å². The molecule has 1 unspecified atom stereocenters. The van der Waals surface area contributed by atoms with Gasteiger partial charge in [-0.15, -0.1) is 0 Å². The van der Waals surface area contributed by atoms with Gasteiger partial charge in [-0.1, -0.05) is 13.3 Å². The third kappa shape index (κ3) is 2.81. The quantitative estimate of drug-likeness (QED) is 0.872. The van der Waals surface area contributed by atoms with Crippen LogP contribution < -0.4 is 5.73 Å². The predicted molar refractivity (Wildman–Crippen MR) is 86.9 cm³/mol. The van der Waals surface area contributed by atoms with Gasteiger partial charge in [0.15, 0.2) is 0 Å². The number of aryl methyl sites for hydroxylation is 1. The Bertz CT molecular complexity index is 612. The number of piperidine rings is 1. The van der Waals surface area contributed by atoms with Gasteiger partial charge in [0.05, 0.1) is 4.90 Å². The molecule has 21 heavy (non-hydrogen) atoms. The topological polar surface area (TPSA) is 63.4 Å². The van der Waals surface area contributed by atoms with E-state index >= 15 is 0 Å². The largest absolute Gasteiger partial charge is 0.398 e. The van der Waals surface area contributed by atoms with Crippen LogP contribution in [0.2, 0.25) is 0 Å². The summed E-state index contributed by atoms with van der Waals surface area (Å²) in [5, 5.41) is 0. The highest BCUT2D eigenvalue weighted by molar-refractivity contribution is 7.89. The van der Waals surface area contributed by atoms with Crippen LogP contribution in [0.3, 0.4) is 0 Å². The number of nitrogen functional groups attached to an aromatic ring is 1. The third-order valence-corrected chi connectivity index (χ3v) is 6.92. The molecule has 1 aliphatic heterocycles. The minimum atomic E-state index is -3.48. The van der Waals surface area contributed by atoms with Crippen molar-refractivity contribution >= 4 is 15.7 Å². The van der Waals surface area contributed by atoms with Crippen LogP contribution in [0.1, 0.15) is 49.3 Å². The fourth-order valence-electron chi connectivity index (χ4n) is 3.24. The highest BCUT2D eigenvalue weighted by atomic mass is 32.2. The van der Waals surface area contributed by atoms with E-state index in [9.17, 15) is 8.42 Å². The van der Waals surface area contributed by atoms with Crippen molar-refractivity contribution in [3.63, 3.8) is 0 Å². The number of benzene rings is 1. The van der Waals surface area contributed by atoms with Crippen LogP contribution in [0.5, 0.6) is 0 Å². The lowest BCUT2D eigenvalue weighted by Gasteiger charge is -2.35. The van der Waals surface area contributed by atoms with E-state index in [4.69, 9.17) is 5.73 Å². The third-order valence-electron chi connectivity index (χ3n) is 4.69. The first-order valence-corrected chi connectivity index (χ1v) is 9.12. The minimum Gasteiger partial charge on any atom is -0.398 e. The summed E-state index contributed by atoms with van der Waals surface area (Å²) in [7, 11) is -3.48. The van der Waals surface area contributed by atoms with Gasteiger partial charge in [-0.3, -0.25) is 0 Å². The fourth-order valence-corrected chi connectivity index (χ4v) is 5.55. The van der Waals surface area contributed by atoms with Crippen molar-refractivity contribution in [3.05, 3.63) is 22.8 Å². The Hall–Kier alpha value is -1.07. The smallest absolute Gasteiger partial charge is 0.243 e.